The van der Waals surface area contributed by atoms with Crippen LogP contribution in [-0.2, 0) is 22.7 Å². The Bertz CT molecular complexity index is 955. The van der Waals surface area contributed by atoms with Gasteiger partial charge in [-0.1, -0.05) is 48.0 Å². The molecule has 3 aromatic rings. The fraction of sp³-hybridized carbons (Fsp3) is 0.238. The van der Waals surface area contributed by atoms with Gasteiger partial charge in [-0.15, -0.1) is 0 Å². The second-order valence-corrected chi connectivity index (χ2v) is 7.97. The number of carbonyl (C=O) groups is 1. The van der Waals surface area contributed by atoms with Crippen LogP contribution in [0.1, 0.15) is 29.7 Å². The van der Waals surface area contributed by atoms with Gasteiger partial charge in [0.05, 0.1) is 11.4 Å². The highest BCUT2D eigenvalue weighted by Gasteiger charge is 2.24. The predicted molar refractivity (Wildman–Crippen MR) is 112 cm³/mol. The van der Waals surface area contributed by atoms with Crippen LogP contribution in [0, 0.1) is 0 Å². The molecule has 0 saturated carbocycles. The summed E-state index contributed by atoms with van der Waals surface area (Å²) in [7, 11) is 0. The number of nitrogens with one attached hydrogen (secondary N) is 1. The normalized spacial score (nSPS) is 12.8. The molecule has 0 radical (unpaired) electrons. The van der Waals surface area contributed by atoms with E-state index in [-0.39, 0.29) is 5.91 Å². The van der Waals surface area contributed by atoms with Crippen LogP contribution in [0.25, 0.3) is 5.69 Å². The van der Waals surface area contributed by atoms with E-state index in [1.165, 1.54) is 5.56 Å². The van der Waals surface area contributed by atoms with Crippen LogP contribution in [0.5, 0.6) is 0 Å². The number of aryl methyl sites for hydroxylation is 1. The van der Waals surface area contributed by atoms with E-state index in [1.807, 2.05) is 58.9 Å². The number of thioether (sulfide) groups is 1. The number of hydrogen-bond acceptors (Lipinski definition) is 3. The molecular weight excluding hydrogens is 378 g/mol. The standard InChI is InChI=1S/C21H20ClN3OS/c22-16-9-5-10-17(12-16)25-21(18-13-27-14-19(18)24-25)23-20(26)11-4-8-15-6-2-1-3-7-15/h1-3,5-7,9-10,12H,4,8,11,13-14H2,(H,23,26). The second kappa shape index (κ2) is 8.19. The molecule has 1 aromatic heterocycles. The molecule has 2 heterocycles. The summed E-state index contributed by atoms with van der Waals surface area (Å²) in [5, 5.41) is 8.46. The molecule has 0 aliphatic carbocycles. The van der Waals surface area contributed by atoms with E-state index >= 15 is 0 Å². The summed E-state index contributed by atoms with van der Waals surface area (Å²) in [6.07, 6.45) is 2.20. The largest absolute Gasteiger partial charge is 0.310 e. The van der Waals surface area contributed by atoms with Crippen LogP contribution in [0.15, 0.2) is 54.6 Å². The molecule has 4 rings (SSSR count). The van der Waals surface area contributed by atoms with Crippen molar-refractivity contribution in [3.05, 3.63) is 76.4 Å². The van der Waals surface area contributed by atoms with Crippen LogP contribution in [-0.4, -0.2) is 15.7 Å². The molecule has 0 fully saturated rings. The van der Waals surface area contributed by atoms with Gasteiger partial charge in [-0.05, 0) is 36.6 Å². The van der Waals surface area contributed by atoms with Crippen molar-refractivity contribution < 1.29 is 4.79 Å². The van der Waals surface area contributed by atoms with Gasteiger partial charge in [-0.2, -0.15) is 16.9 Å². The van der Waals surface area contributed by atoms with Crippen molar-refractivity contribution in [2.45, 2.75) is 30.8 Å². The van der Waals surface area contributed by atoms with Gasteiger partial charge >= 0.3 is 0 Å². The fourth-order valence-electron chi connectivity index (χ4n) is 3.23. The Morgan fingerprint density at radius 1 is 1.15 bits per heavy atom. The molecular formula is C21H20ClN3OS. The van der Waals surface area contributed by atoms with Crippen LogP contribution in [0.4, 0.5) is 5.82 Å². The van der Waals surface area contributed by atoms with Crippen molar-refractivity contribution in [2.75, 3.05) is 5.32 Å². The highest BCUT2D eigenvalue weighted by molar-refractivity contribution is 7.98. The fourth-order valence-corrected chi connectivity index (χ4v) is 4.45. The van der Waals surface area contributed by atoms with Gasteiger partial charge in [0.25, 0.3) is 0 Å². The zero-order chi connectivity index (χ0) is 18.6. The molecule has 0 spiro atoms. The van der Waals surface area contributed by atoms with Crippen LogP contribution in [0.2, 0.25) is 5.02 Å². The van der Waals surface area contributed by atoms with Crippen molar-refractivity contribution >= 4 is 35.1 Å². The number of carbonyl (C=O) groups excluding carboxylic acids is 1. The minimum atomic E-state index is 0.0220. The molecule has 1 N–H and O–H groups in total. The SMILES string of the molecule is O=C(CCCc1ccccc1)Nc1c2c(nn1-c1cccc(Cl)c1)CSC2. The van der Waals surface area contributed by atoms with Crippen molar-refractivity contribution in [1.29, 1.82) is 0 Å². The zero-order valence-electron chi connectivity index (χ0n) is 14.8. The number of nitrogens with zero attached hydrogens (tertiary/aromatic N) is 2. The van der Waals surface area contributed by atoms with Crippen molar-refractivity contribution in [3.8, 4) is 5.69 Å². The minimum absolute atomic E-state index is 0.0220. The topological polar surface area (TPSA) is 46.9 Å². The Balaban J connectivity index is 1.48. The molecule has 1 aliphatic rings. The summed E-state index contributed by atoms with van der Waals surface area (Å²) in [6, 6.07) is 17.8. The van der Waals surface area contributed by atoms with Crippen LogP contribution >= 0.6 is 23.4 Å². The highest BCUT2D eigenvalue weighted by atomic mass is 35.5. The first kappa shape index (κ1) is 18.1. The lowest BCUT2D eigenvalue weighted by atomic mass is 10.1. The lowest BCUT2D eigenvalue weighted by Crippen LogP contribution is -2.16. The Morgan fingerprint density at radius 3 is 2.81 bits per heavy atom. The van der Waals surface area contributed by atoms with E-state index in [2.05, 4.69) is 17.4 Å². The lowest BCUT2D eigenvalue weighted by Gasteiger charge is -2.11. The quantitative estimate of drug-likeness (QED) is 0.619. The number of rotatable bonds is 6. The van der Waals surface area contributed by atoms with Crippen LogP contribution in [0.3, 0.4) is 0 Å². The van der Waals surface area contributed by atoms with Gasteiger partial charge in [-0.3, -0.25) is 4.79 Å². The molecule has 0 unspecified atom stereocenters. The Hall–Kier alpha value is -2.24. The van der Waals surface area contributed by atoms with E-state index in [9.17, 15) is 4.79 Å². The first-order valence-electron chi connectivity index (χ1n) is 8.99. The molecule has 4 nitrogen and oxygen atoms in total. The average molecular weight is 398 g/mol. The maximum absolute atomic E-state index is 12.6. The molecule has 1 amide bonds. The van der Waals surface area contributed by atoms with Gasteiger partial charge in [0.1, 0.15) is 5.82 Å². The second-order valence-electron chi connectivity index (χ2n) is 6.55. The third kappa shape index (κ3) is 4.20. The van der Waals surface area contributed by atoms with E-state index < -0.39 is 0 Å². The summed E-state index contributed by atoms with van der Waals surface area (Å²) in [4.78, 5) is 12.6. The van der Waals surface area contributed by atoms with Crippen LogP contribution < -0.4 is 5.32 Å². The maximum Gasteiger partial charge on any atom is 0.225 e. The predicted octanol–water partition coefficient (Wildman–Crippen LogP) is 5.23. The number of halogens is 1. The van der Waals surface area contributed by atoms with Crippen molar-refractivity contribution in [2.24, 2.45) is 0 Å². The Labute approximate surface area is 167 Å². The van der Waals surface area contributed by atoms with Crippen molar-refractivity contribution in [1.82, 2.24) is 9.78 Å². The van der Waals surface area contributed by atoms with E-state index in [0.717, 1.165) is 47.1 Å². The third-order valence-electron chi connectivity index (χ3n) is 4.57. The Kier molecular flexibility index (Phi) is 5.50. The van der Waals surface area contributed by atoms with Crippen molar-refractivity contribution in [3.63, 3.8) is 0 Å². The van der Waals surface area contributed by atoms with Gasteiger partial charge < -0.3 is 5.32 Å². The lowest BCUT2D eigenvalue weighted by molar-refractivity contribution is -0.116. The number of benzene rings is 2. The molecule has 0 atom stereocenters. The number of fused-ring (bicyclic) bond motifs is 1. The third-order valence-corrected chi connectivity index (χ3v) is 5.78. The van der Waals surface area contributed by atoms with Gasteiger partial charge in [0, 0.05) is 28.5 Å². The average Bonchev–Trinajstić information content (AvgIpc) is 3.25. The molecule has 2 aromatic carbocycles. The van der Waals surface area contributed by atoms with Gasteiger partial charge in [-0.25, -0.2) is 4.68 Å². The molecule has 138 valence electrons. The molecule has 0 saturated heterocycles. The highest BCUT2D eigenvalue weighted by Crippen LogP contribution is 2.36. The molecule has 27 heavy (non-hydrogen) atoms. The van der Waals surface area contributed by atoms with E-state index in [0.29, 0.717) is 11.4 Å². The number of aromatic nitrogens is 2. The number of hydrogen-bond donors (Lipinski definition) is 1. The summed E-state index contributed by atoms with van der Waals surface area (Å²) in [6.45, 7) is 0. The molecule has 1 aliphatic heterocycles. The van der Waals surface area contributed by atoms with E-state index in [4.69, 9.17) is 16.7 Å². The first-order valence-corrected chi connectivity index (χ1v) is 10.5. The molecule has 0 bridgehead atoms. The number of amides is 1. The van der Waals surface area contributed by atoms with E-state index in [1.54, 1.807) is 0 Å². The summed E-state index contributed by atoms with van der Waals surface area (Å²) >= 11 is 7.96. The monoisotopic (exact) mass is 397 g/mol. The molecule has 6 heteroatoms. The Morgan fingerprint density at radius 2 is 2.00 bits per heavy atom. The first-order chi connectivity index (χ1) is 13.2. The summed E-state index contributed by atoms with van der Waals surface area (Å²) in [5.41, 5.74) is 4.28. The van der Waals surface area contributed by atoms with Gasteiger partial charge in [0.2, 0.25) is 5.91 Å². The van der Waals surface area contributed by atoms with Gasteiger partial charge in [0.15, 0.2) is 0 Å². The zero-order valence-corrected chi connectivity index (χ0v) is 16.4. The smallest absolute Gasteiger partial charge is 0.225 e. The maximum atomic E-state index is 12.6. The minimum Gasteiger partial charge on any atom is -0.310 e. The number of anilines is 1. The summed E-state index contributed by atoms with van der Waals surface area (Å²) in [5.74, 6) is 2.55. The summed E-state index contributed by atoms with van der Waals surface area (Å²) < 4.78 is 1.81.